The van der Waals surface area contributed by atoms with Crippen molar-refractivity contribution in [2.45, 2.75) is 24.2 Å². The molecule has 0 radical (unpaired) electrons. The Hall–Kier alpha value is -2.73. The van der Waals surface area contributed by atoms with Gasteiger partial charge in [-0.3, -0.25) is 4.79 Å². The smallest absolute Gasteiger partial charge is 0.309 e. The lowest BCUT2D eigenvalue weighted by Crippen LogP contribution is -2.38. The summed E-state index contributed by atoms with van der Waals surface area (Å²) in [6, 6.07) is 27.3. The predicted octanol–water partition coefficient (Wildman–Crippen LogP) is 4.87. The first-order valence-electron chi connectivity index (χ1n) is 9.53. The Morgan fingerprint density at radius 2 is 1.33 bits per heavy atom. The van der Waals surface area contributed by atoms with Crippen LogP contribution >= 0.6 is 15.9 Å². The number of rotatable bonds is 8. The Bertz CT molecular complexity index is 934. The second-order valence-electron chi connectivity index (χ2n) is 6.95. The molecule has 5 heteroatoms. The van der Waals surface area contributed by atoms with E-state index in [0.29, 0.717) is 16.7 Å². The zero-order chi connectivity index (χ0) is 21.6. The highest BCUT2D eigenvalue weighted by molar-refractivity contribution is 9.11. The van der Waals surface area contributed by atoms with E-state index in [9.17, 15) is 15.0 Å². The van der Waals surface area contributed by atoms with Crippen LogP contribution in [0.5, 0.6) is 0 Å². The van der Waals surface area contributed by atoms with Crippen LogP contribution in [0.25, 0.3) is 0 Å². The summed E-state index contributed by atoms with van der Waals surface area (Å²) in [4.78, 5) is 12.7. The van der Waals surface area contributed by atoms with Crippen LogP contribution in [-0.2, 0) is 15.1 Å². The second kappa shape index (κ2) is 9.85. The molecule has 0 saturated carbocycles. The third kappa shape index (κ3) is 4.87. The van der Waals surface area contributed by atoms with Crippen molar-refractivity contribution < 1.29 is 19.7 Å². The number of aliphatic hydroxyl groups excluding tert-OH is 1. The zero-order valence-electron chi connectivity index (χ0n) is 16.3. The van der Waals surface area contributed by atoms with E-state index >= 15 is 0 Å². The van der Waals surface area contributed by atoms with Gasteiger partial charge >= 0.3 is 5.97 Å². The number of hydrogen-bond acceptors (Lipinski definition) is 4. The van der Waals surface area contributed by atoms with Crippen LogP contribution in [0.15, 0.2) is 102 Å². The van der Waals surface area contributed by atoms with Crippen molar-refractivity contribution in [2.24, 2.45) is 0 Å². The quantitative estimate of drug-likeness (QED) is 0.464. The van der Waals surface area contributed by atoms with Crippen LogP contribution < -0.4 is 0 Å². The summed E-state index contributed by atoms with van der Waals surface area (Å²) >= 11 is 3.09. The van der Waals surface area contributed by atoms with E-state index in [1.807, 2.05) is 54.6 Å². The molecule has 0 aliphatic carbocycles. The monoisotopic (exact) mass is 466 g/mol. The van der Waals surface area contributed by atoms with Gasteiger partial charge in [0.05, 0.1) is 12.5 Å². The van der Waals surface area contributed by atoms with Crippen LogP contribution in [0.3, 0.4) is 0 Å². The second-order valence-corrected chi connectivity index (χ2v) is 7.96. The number of esters is 1. The van der Waals surface area contributed by atoms with Crippen molar-refractivity contribution in [1.29, 1.82) is 0 Å². The van der Waals surface area contributed by atoms with Gasteiger partial charge in [0, 0.05) is 4.48 Å². The number of ether oxygens (including phenoxy) is 1. The van der Waals surface area contributed by atoms with Crippen molar-refractivity contribution in [1.82, 2.24) is 0 Å². The van der Waals surface area contributed by atoms with Crippen molar-refractivity contribution >= 4 is 21.9 Å². The van der Waals surface area contributed by atoms with Gasteiger partial charge in [-0.05, 0) is 16.7 Å². The fraction of sp³-hybridized carbons (Fsp3) is 0.160. The summed E-state index contributed by atoms with van der Waals surface area (Å²) in [6.07, 6.45) is -2.41. The molecule has 0 aliphatic heterocycles. The molecule has 3 aromatic rings. The molecule has 0 unspecified atom stereocenters. The third-order valence-corrected chi connectivity index (χ3v) is 5.41. The molecule has 0 fully saturated rings. The minimum absolute atomic E-state index is 0.285. The summed E-state index contributed by atoms with van der Waals surface area (Å²) in [5.74, 6) is -0.651. The van der Waals surface area contributed by atoms with Gasteiger partial charge in [0.15, 0.2) is 11.7 Å². The molecular formula is C25H23BrO4. The van der Waals surface area contributed by atoms with E-state index in [0.717, 1.165) is 0 Å². The molecule has 0 bridgehead atoms. The van der Waals surface area contributed by atoms with E-state index in [1.54, 1.807) is 36.4 Å². The summed E-state index contributed by atoms with van der Waals surface area (Å²) in [6.45, 7) is 3.60. The number of carbonyl (C=O) groups excluding carboxylic acids is 1. The van der Waals surface area contributed by atoms with E-state index < -0.39 is 23.8 Å². The standard InChI is InChI=1S/C25H23BrO4/c1-18(26)22(27)17-23(28)30-24(19-11-5-2-6-12-19)25(29,20-13-7-3-8-14-20)21-15-9-4-10-16-21/h2-16,22,24,27,29H,1,17H2/t22-,24-/m0/s1. The molecule has 2 N–H and O–H groups in total. The highest BCUT2D eigenvalue weighted by atomic mass is 79.9. The number of halogens is 1. The molecule has 0 heterocycles. The normalized spacial score (nSPS) is 13.3. The molecule has 0 aromatic heterocycles. The first-order valence-corrected chi connectivity index (χ1v) is 10.3. The first-order chi connectivity index (χ1) is 14.4. The van der Waals surface area contributed by atoms with Gasteiger partial charge in [0.2, 0.25) is 0 Å². The van der Waals surface area contributed by atoms with E-state index in [2.05, 4.69) is 22.5 Å². The Labute approximate surface area is 184 Å². The fourth-order valence-corrected chi connectivity index (χ4v) is 3.49. The summed E-state index contributed by atoms with van der Waals surface area (Å²) < 4.78 is 6.11. The van der Waals surface area contributed by atoms with Gasteiger partial charge < -0.3 is 14.9 Å². The Kier molecular flexibility index (Phi) is 7.21. The lowest BCUT2D eigenvalue weighted by Gasteiger charge is -2.37. The van der Waals surface area contributed by atoms with Crippen molar-refractivity contribution in [3.05, 3.63) is 119 Å². The maximum absolute atomic E-state index is 12.7. The van der Waals surface area contributed by atoms with E-state index in [1.165, 1.54) is 0 Å². The lowest BCUT2D eigenvalue weighted by atomic mass is 9.79. The zero-order valence-corrected chi connectivity index (χ0v) is 17.9. The van der Waals surface area contributed by atoms with Gasteiger partial charge in [-0.25, -0.2) is 0 Å². The lowest BCUT2D eigenvalue weighted by molar-refractivity contribution is -0.165. The topological polar surface area (TPSA) is 66.8 Å². The number of aliphatic hydroxyl groups is 2. The minimum atomic E-state index is -1.64. The van der Waals surface area contributed by atoms with Crippen molar-refractivity contribution in [3.63, 3.8) is 0 Å². The fourth-order valence-electron chi connectivity index (χ4n) is 3.32. The minimum Gasteiger partial charge on any atom is -0.454 e. The Balaban J connectivity index is 2.11. The van der Waals surface area contributed by atoms with Crippen LogP contribution in [0.4, 0.5) is 0 Å². The molecule has 2 atom stereocenters. The first kappa shape index (κ1) is 22.0. The Morgan fingerprint density at radius 3 is 1.77 bits per heavy atom. The molecule has 0 aliphatic rings. The number of hydrogen-bond donors (Lipinski definition) is 2. The van der Waals surface area contributed by atoms with E-state index in [-0.39, 0.29) is 10.9 Å². The third-order valence-electron chi connectivity index (χ3n) is 4.88. The molecule has 0 amide bonds. The average Bonchev–Trinajstić information content (AvgIpc) is 2.78. The highest BCUT2D eigenvalue weighted by Crippen LogP contribution is 2.43. The Morgan fingerprint density at radius 1 is 0.900 bits per heavy atom. The molecule has 4 nitrogen and oxygen atoms in total. The maximum Gasteiger partial charge on any atom is 0.309 e. The number of carbonyl (C=O) groups is 1. The molecule has 0 saturated heterocycles. The average molecular weight is 467 g/mol. The van der Waals surface area contributed by atoms with E-state index in [4.69, 9.17) is 4.74 Å². The molecule has 154 valence electrons. The van der Waals surface area contributed by atoms with Gasteiger partial charge in [0.1, 0.15) is 0 Å². The molecule has 30 heavy (non-hydrogen) atoms. The van der Waals surface area contributed by atoms with Gasteiger partial charge in [-0.15, -0.1) is 0 Å². The van der Waals surface area contributed by atoms with Crippen LogP contribution in [0, 0.1) is 0 Å². The van der Waals surface area contributed by atoms with Gasteiger partial charge in [-0.1, -0.05) is 114 Å². The molecule has 0 spiro atoms. The highest BCUT2D eigenvalue weighted by Gasteiger charge is 2.44. The van der Waals surface area contributed by atoms with Crippen LogP contribution in [-0.4, -0.2) is 22.3 Å². The summed E-state index contributed by atoms with van der Waals surface area (Å²) in [5, 5.41) is 22.1. The SMILES string of the molecule is C=C(Br)[C@@H](O)CC(=O)O[C@@H](c1ccccc1)C(O)(c1ccccc1)c1ccccc1. The summed E-state index contributed by atoms with van der Waals surface area (Å²) in [7, 11) is 0. The van der Waals surface area contributed by atoms with Crippen LogP contribution in [0.2, 0.25) is 0 Å². The molecule has 3 aromatic carbocycles. The molecular weight excluding hydrogens is 444 g/mol. The van der Waals surface area contributed by atoms with Gasteiger partial charge in [-0.2, -0.15) is 0 Å². The molecule has 3 rings (SSSR count). The van der Waals surface area contributed by atoms with Gasteiger partial charge in [0.25, 0.3) is 0 Å². The largest absolute Gasteiger partial charge is 0.454 e. The van der Waals surface area contributed by atoms with Crippen LogP contribution in [0.1, 0.15) is 29.2 Å². The van der Waals surface area contributed by atoms with Crippen molar-refractivity contribution in [3.8, 4) is 0 Å². The maximum atomic E-state index is 12.7. The van der Waals surface area contributed by atoms with Crippen molar-refractivity contribution in [2.75, 3.05) is 0 Å². The predicted molar refractivity (Wildman–Crippen MR) is 120 cm³/mol. The summed E-state index contributed by atoms with van der Waals surface area (Å²) in [5.41, 5.74) is 0.162. The number of benzene rings is 3.